The van der Waals surface area contributed by atoms with Gasteiger partial charge in [-0.2, -0.15) is 0 Å². The number of carbonyl (C=O) groups is 2. The predicted octanol–water partition coefficient (Wildman–Crippen LogP) is 2.60. The fourth-order valence-electron chi connectivity index (χ4n) is 3.42. The number of hydrogen-bond acceptors (Lipinski definition) is 3. The van der Waals surface area contributed by atoms with Gasteiger partial charge in [0.25, 0.3) is 0 Å². The summed E-state index contributed by atoms with van der Waals surface area (Å²) in [6.07, 6.45) is 1.60. The topological polar surface area (TPSA) is 81.7 Å². The summed E-state index contributed by atoms with van der Waals surface area (Å²) in [6.45, 7) is 8.85. The molecule has 3 N–H and O–H groups in total. The van der Waals surface area contributed by atoms with Crippen LogP contribution in [0, 0.1) is 13.8 Å². The lowest BCUT2D eigenvalue weighted by atomic mass is 9.85. The third kappa shape index (κ3) is 4.95. The second kappa shape index (κ2) is 8.34. The van der Waals surface area contributed by atoms with Gasteiger partial charge in [0, 0.05) is 12.1 Å². The van der Waals surface area contributed by atoms with Crippen molar-refractivity contribution in [3.63, 3.8) is 0 Å². The summed E-state index contributed by atoms with van der Waals surface area (Å²) in [6, 6.07) is 6.23. The Morgan fingerprint density at radius 3 is 2.60 bits per heavy atom. The molecule has 1 unspecified atom stereocenters. The van der Waals surface area contributed by atoms with Gasteiger partial charge in [-0.15, -0.1) is 0 Å². The summed E-state index contributed by atoms with van der Waals surface area (Å²) < 4.78 is 0. The molecule has 0 bridgehead atoms. The van der Waals surface area contributed by atoms with Crippen LogP contribution in [-0.4, -0.2) is 47.2 Å². The van der Waals surface area contributed by atoms with Crippen molar-refractivity contribution in [2.45, 2.75) is 58.7 Å². The summed E-state index contributed by atoms with van der Waals surface area (Å²) in [4.78, 5) is 25.0. The molecule has 1 atom stereocenters. The molecule has 0 saturated heterocycles. The third-order valence-corrected chi connectivity index (χ3v) is 5.17. The molecular formula is C19H29N3O3. The maximum atomic E-state index is 12.2. The van der Waals surface area contributed by atoms with Crippen molar-refractivity contribution in [3.05, 3.63) is 34.9 Å². The lowest BCUT2D eigenvalue weighted by molar-refractivity contribution is -0.139. The van der Waals surface area contributed by atoms with Crippen molar-refractivity contribution >= 4 is 12.0 Å². The van der Waals surface area contributed by atoms with Crippen molar-refractivity contribution in [1.82, 2.24) is 15.5 Å². The van der Waals surface area contributed by atoms with E-state index in [4.69, 9.17) is 5.11 Å². The third-order valence-electron chi connectivity index (χ3n) is 5.17. The number of aliphatic carboxylic acids is 1. The highest BCUT2D eigenvalue weighted by Crippen LogP contribution is 2.26. The lowest BCUT2D eigenvalue weighted by Crippen LogP contribution is -2.56. The Morgan fingerprint density at radius 2 is 2.00 bits per heavy atom. The van der Waals surface area contributed by atoms with Crippen molar-refractivity contribution < 1.29 is 14.7 Å². The zero-order valence-electron chi connectivity index (χ0n) is 15.5. The highest BCUT2D eigenvalue weighted by atomic mass is 16.4. The number of carbonyl (C=O) groups excluding carboxylic acids is 1. The first-order chi connectivity index (χ1) is 11.8. The minimum Gasteiger partial charge on any atom is -0.480 e. The number of aryl methyl sites for hydroxylation is 1. The molecule has 1 fully saturated rings. The number of nitrogens with one attached hydrogen (secondary N) is 2. The van der Waals surface area contributed by atoms with E-state index in [1.807, 2.05) is 30.9 Å². The average Bonchev–Trinajstić information content (AvgIpc) is 2.50. The van der Waals surface area contributed by atoms with E-state index in [1.165, 1.54) is 11.1 Å². The molecule has 1 aliphatic carbocycles. The molecule has 25 heavy (non-hydrogen) atoms. The molecule has 0 heterocycles. The van der Waals surface area contributed by atoms with Crippen LogP contribution in [-0.2, 0) is 4.79 Å². The summed E-state index contributed by atoms with van der Waals surface area (Å²) in [5.41, 5.74) is 3.54. The molecule has 0 spiro atoms. The van der Waals surface area contributed by atoms with Crippen LogP contribution in [0.4, 0.5) is 4.79 Å². The summed E-state index contributed by atoms with van der Waals surface area (Å²) in [7, 11) is 0. The molecule has 2 amide bonds. The van der Waals surface area contributed by atoms with Crippen molar-refractivity contribution in [1.29, 1.82) is 0 Å². The van der Waals surface area contributed by atoms with E-state index in [2.05, 4.69) is 30.5 Å². The number of carboxylic acid groups (broad SMARTS) is 1. The van der Waals surface area contributed by atoms with Crippen LogP contribution >= 0.6 is 0 Å². The fourth-order valence-corrected chi connectivity index (χ4v) is 3.42. The van der Waals surface area contributed by atoms with Crippen LogP contribution in [0.15, 0.2) is 18.2 Å². The monoisotopic (exact) mass is 347 g/mol. The molecule has 6 heteroatoms. The number of likely N-dealkylation sites (N-methyl/N-ethyl adjacent to an activating group) is 1. The Labute approximate surface area is 149 Å². The van der Waals surface area contributed by atoms with Gasteiger partial charge in [-0.05, 0) is 56.8 Å². The number of benzene rings is 1. The van der Waals surface area contributed by atoms with Crippen LogP contribution in [0.5, 0.6) is 0 Å². The predicted molar refractivity (Wildman–Crippen MR) is 97.7 cm³/mol. The Morgan fingerprint density at radius 1 is 1.32 bits per heavy atom. The van der Waals surface area contributed by atoms with Crippen molar-refractivity contribution in [2.24, 2.45) is 0 Å². The molecule has 2 rings (SSSR count). The normalized spacial score (nSPS) is 20.7. The van der Waals surface area contributed by atoms with E-state index < -0.39 is 5.97 Å². The lowest BCUT2D eigenvalue weighted by Gasteiger charge is -2.42. The smallest absolute Gasteiger partial charge is 0.317 e. The van der Waals surface area contributed by atoms with E-state index >= 15 is 0 Å². The second-order valence-corrected chi connectivity index (χ2v) is 6.91. The van der Waals surface area contributed by atoms with E-state index in [0.717, 1.165) is 18.4 Å². The molecule has 1 saturated carbocycles. The summed E-state index contributed by atoms with van der Waals surface area (Å²) in [5, 5.41) is 14.9. The zero-order valence-corrected chi connectivity index (χ0v) is 15.5. The minimum absolute atomic E-state index is 0.0593. The van der Waals surface area contributed by atoms with Crippen molar-refractivity contribution in [3.8, 4) is 0 Å². The Kier molecular flexibility index (Phi) is 6.42. The average molecular weight is 347 g/mol. The van der Waals surface area contributed by atoms with Gasteiger partial charge in [0.05, 0.1) is 12.6 Å². The Balaban J connectivity index is 1.80. The van der Waals surface area contributed by atoms with Gasteiger partial charge in [0.2, 0.25) is 0 Å². The van der Waals surface area contributed by atoms with E-state index in [1.54, 1.807) is 0 Å². The second-order valence-electron chi connectivity index (χ2n) is 6.91. The first-order valence-electron chi connectivity index (χ1n) is 8.90. The van der Waals surface area contributed by atoms with E-state index in [-0.39, 0.29) is 30.7 Å². The number of amides is 2. The SMILES string of the molecule is CCN(CC(=O)O)C1CC(NC(=O)NC(C)c2cccc(C)c2C)C1. The van der Waals surface area contributed by atoms with E-state index in [0.29, 0.717) is 6.54 Å². The van der Waals surface area contributed by atoms with Gasteiger partial charge < -0.3 is 15.7 Å². The van der Waals surface area contributed by atoms with Crippen LogP contribution in [0.3, 0.4) is 0 Å². The van der Waals surface area contributed by atoms with E-state index in [9.17, 15) is 9.59 Å². The van der Waals surface area contributed by atoms with Crippen LogP contribution in [0.25, 0.3) is 0 Å². The van der Waals surface area contributed by atoms with Crippen LogP contribution in [0.2, 0.25) is 0 Å². The maximum absolute atomic E-state index is 12.2. The van der Waals surface area contributed by atoms with Gasteiger partial charge in [-0.3, -0.25) is 9.69 Å². The number of urea groups is 1. The summed E-state index contributed by atoms with van der Waals surface area (Å²) in [5.74, 6) is -0.807. The van der Waals surface area contributed by atoms with Gasteiger partial charge in [-0.1, -0.05) is 25.1 Å². The first-order valence-corrected chi connectivity index (χ1v) is 8.90. The minimum atomic E-state index is -0.807. The quantitative estimate of drug-likeness (QED) is 0.708. The Bertz CT molecular complexity index is 626. The molecule has 0 radical (unpaired) electrons. The molecule has 1 aromatic carbocycles. The highest BCUT2D eigenvalue weighted by Gasteiger charge is 2.34. The summed E-state index contributed by atoms with van der Waals surface area (Å²) >= 11 is 0. The molecule has 1 aromatic rings. The van der Waals surface area contributed by atoms with Crippen molar-refractivity contribution in [2.75, 3.05) is 13.1 Å². The number of nitrogens with zero attached hydrogens (tertiary/aromatic N) is 1. The van der Waals surface area contributed by atoms with Gasteiger partial charge >= 0.3 is 12.0 Å². The molecular weight excluding hydrogens is 318 g/mol. The number of hydrogen-bond donors (Lipinski definition) is 3. The number of rotatable bonds is 7. The Hall–Kier alpha value is -2.08. The number of carboxylic acids is 1. The van der Waals surface area contributed by atoms with Gasteiger partial charge in [0.1, 0.15) is 0 Å². The molecule has 6 nitrogen and oxygen atoms in total. The molecule has 1 aliphatic rings. The maximum Gasteiger partial charge on any atom is 0.317 e. The van der Waals surface area contributed by atoms with Gasteiger partial charge in [-0.25, -0.2) is 4.79 Å². The molecule has 0 aromatic heterocycles. The largest absolute Gasteiger partial charge is 0.480 e. The fraction of sp³-hybridized carbons (Fsp3) is 0.579. The van der Waals surface area contributed by atoms with Crippen LogP contribution < -0.4 is 10.6 Å². The first kappa shape index (κ1) is 19.2. The zero-order chi connectivity index (χ0) is 18.6. The standard InChI is InChI=1S/C19H29N3O3/c1-5-22(11-18(23)24)16-9-15(10-16)21-19(25)20-14(4)17-8-6-7-12(2)13(17)3/h6-8,14-16H,5,9-11H2,1-4H3,(H,23,24)(H2,20,21,25). The molecule has 138 valence electrons. The van der Waals surface area contributed by atoms with Crippen LogP contribution in [0.1, 0.15) is 49.4 Å². The molecule has 0 aliphatic heterocycles. The highest BCUT2D eigenvalue weighted by molar-refractivity contribution is 5.75. The van der Waals surface area contributed by atoms with Gasteiger partial charge in [0.15, 0.2) is 0 Å².